The first kappa shape index (κ1) is 22.5. The molecule has 4 aromatic rings. The van der Waals surface area contributed by atoms with Crippen molar-refractivity contribution in [3.63, 3.8) is 0 Å². The molecule has 1 amide bonds. The Balaban J connectivity index is 1.52. The minimum Gasteiger partial charge on any atom is -0.323 e. The molecule has 0 saturated heterocycles. The molecular formula is C20H17F3N8OS. The van der Waals surface area contributed by atoms with E-state index < -0.39 is 17.6 Å². The number of carbonyl (C=O) groups is 1. The molecule has 0 fully saturated rings. The molecule has 1 aromatic carbocycles. The van der Waals surface area contributed by atoms with Gasteiger partial charge in [-0.15, -0.1) is 10.2 Å². The molecule has 1 N–H and O–H groups in total. The Labute approximate surface area is 190 Å². The summed E-state index contributed by atoms with van der Waals surface area (Å²) in [6, 6.07) is 6.63. The first-order valence-corrected chi connectivity index (χ1v) is 10.7. The second-order valence-electron chi connectivity index (χ2n) is 6.69. The highest BCUT2D eigenvalue weighted by molar-refractivity contribution is 7.99. The molecule has 3 heterocycles. The van der Waals surface area contributed by atoms with Gasteiger partial charge in [0.15, 0.2) is 11.0 Å². The highest BCUT2D eigenvalue weighted by Crippen LogP contribution is 2.33. The van der Waals surface area contributed by atoms with Gasteiger partial charge in [0.05, 0.1) is 22.7 Å². The summed E-state index contributed by atoms with van der Waals surface area (Å²) in [5, 5.41) is 15.3. The lowest BCUT2D eigenvalue weighted by Gasteiger charge is -2.14. The quantitative estimate of drug-likeness (QED) is 0.408. The lowest BCUT2D eigenvalue weighted by molar-refractivity contribution is -0.137. The van der Waals surface area contributed by atoms with Crippen LogP contribution >= 0.6 is 11.8 Å². The molecule has 0 spiro atoms. The number of amides is 1. The monoisotopic (exact) mass is 474 g/mol. The highest BCUT2D eigenvalue weighted by Gasteiger charge is 2.31. The number of benzene rings is 1. The van der Waals surface area contributed by atoms with Crippen LogP contribution in [0.2, 0.25) is 0 Å². The van der Waals surface area contributed by atoms with Crippen LogP contribution in [0.1, 0.15) is 12.5 Å². The van der Waals surface area contributed by atoms with Crippen LogP contribution in [0.5, 0.6) is 0 Å². The van der Waals surface area contributed by atoms with Crippen molar-refractivity contribution in [3.8, 4) is 17.1 Å². The van der Waals surface area contributed by atoms with Gasteiger partial charge in [0, 0.05) is 24.5 Å². The molecule has 170 valence electrons. The van der Waals surface area contributed by atoms with Crippen LogP contribution in [0.4, 0.5) is 18.9 Å². The molecule has 0 bridgehead atoms. The van der Waals surface area contributed by atoms with Crippen molar-refractivity contribution in [2.24, 2.45) is 0 Å². The number of alkyl halides is 3. The summed E-state index contributed by atoms with van der Waals surface area (Å²) in [6.07, 6.45) is 1.31. The number of carbonyl (C=O) groups excluding carboxylic acids is 1. The summed E-state index contributed by atoms with van der Waals surface area (Å²) in [7, 11) is 0. The second kappa shape index (κ2) is 9.40. The third-order valence-corrected chi connectivity index (χ3v) is 5.53. The second-order valence-corrected chi connectivity index (χ2v) is 7.64. The topological polar surface area (TPSA) is 103 Å². The number of aromatic nitrogens is 7. The molecule has 0 radical (unpaired) electrons. The van der Waals surface area contributed by atoms with E-state index in [2.05, 4.69) is 30.6 Å². The van der Waals surface area contributed by atoms with Gasteiger partial charge in [-0.3, -0.25) is 9.78 Å². The summed E-state index contributed by atoms with van der Waals surface area (Å²) in [5.41, 5.74) is 0.171. The highest BCUT2D eigenvalue weighted by atomic mass is 32.2. The maximum absolute atomic E-state index is 13.2. The van der Waals surface area contributed by atoms with Gasteiger partial charge in [0.1, 0.15) is 12.7 Å². The SMILES string of the molecule is CCn1c(SCC(=O)Nc2cc(C(F)(F)F)ccc2-n2cncn2)nnc1-c1ccncc1. The molecule has 0 aliphatic heterocycles. The molecule has 0 unspecified atom stereocenters. The van der Waals surface area contributed by atoms with Crippen LogP contribution < -0.4 is 5.32 Å². The number of hydrogen-bond donors (Lipinski definition) is 1. The fraction of sp³-hybridized carbons (Fsp3) is 0.200. The zero-order chi connectivity index (χ0) is 23.4. The fourth-order valence-corrected chi connectivity index (χ4v) is 3.86. The number of rotatable bonds is 7. The Hall–Kier alpha value is -3.74. The molecule has 33 heavy (non-hydrogen) atoms. The van der Waals surface area contributed by atoms with E-state index in [9.17, 15) is 18.0 Å². The Morgan fingerprint density at radius 3 is 2.58 bits per heavy atom. The zero-order valence-corrected chi connectivity index (χ0v) is 18.0. The van der Waals surface area contributed by atoms with E-state index in [-0.39, 0.29) is 17.1 Å². The van der Waals surface area contributed by atoms with Crippen molar-refractivity contribution in [2.75, 3.05) is 11.1 Å². The largest absolute Gasteiger partial charge is 0.416 e. The van der Waals surface area contributed by atoms with Crippen LogP contribution in [-0.2, 0) is 17.5 Å². The maximum Gasteiger partial charge on any atom is 0.416 e. The van der Waals surface area contributed by atoms with Gasteiger partial charge in [-0.2, -0.15) is 18.3 Å². The van der Waals surface area contributed by atoms with Crippen molar-refractivity contribution < 1.29 is 18.0 Å². The average Bonchev–Trinajstić information content (AvgIpc) is 3.47. The average molecular weight is 474 g/mol. The third-order valence-electron chi connectivity index (χ3n) is 4.57. The molecule has 0 saturated carbocycles. The van der Waals surface area contributed by atoms with E-state index in [0.717, 1.165) is 29.5 Å². The van der Waals surface area contributed by atoms with Gasteiger partial charge in [-0.25, -0.2) is 9.67 Å². The summed E-state index contributed by atoms with van der Waals surface area (Å²) in [6.45, 7) is 2.49. The summed E-state index contributed by atoms with van der Waals surface area (Å²) >= 11 is 1.13. The van der Waals surface area contributed by atoms with Gasteiger partial charge >= 0.3 is 6.18 Å². The summed E-state index contributed by atoms with van der Waals surface area (Å²) in [4.78, 5) is 20.4. The van der Waals surface area contributed by atoms with E-state index in [1.54, 1.807) is 24.5 Å². The van der Waals surface area contributed by atoms with Crippen molar-refractivity contribution in [2.45, 2.75) is 24.8 Å². The van der Waals surface area contributed by atoms with E-state index in [4.69, 9.17) is 0 Å². The fourth-order valence-electron chi connectivity index (χ4n) is 3.06. The van der Waals surface area contributed by atoms with Crippen molar-refractivity contribution in [3.05, 3.63) is 60.9 Å². The van der Waals surface area contributed by atoms with Crippen LogP contribution in [0.25, 0.3) is 17.1 Å². The van der Waals surface area contributed by atoms with Gasteiger partial charge in [0.25, 0.3) is 0 Å². The lowest BCUT2D eigenvalue weighted by atomic mass is 10.1. The zero-order valence-electron chi connectivity index (χ0n) is 17.2. The van der Waals surface area contributed by atoms with Gasteiger partial charge in [0.2, 0.25) is 5.91 Å². The minimum absolute atomic E-state index is 0.0321. The Bertz CT molecular complexity index is 1240. The van der Waals surface area contributed by atoms with E-state index in [0.29, 0.717) is 17.5 Å². The van der Waals surface area contributed by atoms with Crippen LogP contribution in [0.15, 0.2) is 60.5 Å². The van der Waals surface area contributed by atoms with Crippen molar-refractivity contribution in [1.82, 2.24) is 34.5 Å². The number of hydrogen-bond acceptors (Lipinski definition) is 7. The van der Waals surface area contributed by atoms with Gasteiger partial charge in [-0.1, -0.05) is 11.8 Å². The molecule has 13 heteroatoms. The van der Waals surface area contributed by atoms with E-state index in [1.807, 2.05) is 11.5 Å². The molecular weight excluding hydrogens is 457 g/mol. The molecule has 0 aliphatic rings. The normalized spacial score (nSPS) is 11.5. The summed E-state index contributed by atoms with van der Waals surface area (Å²) in [5.74, 6) is 0.0487. The van der Waals surface area contributed by atoms with Crippen molar-refractivity contribution in [1.29, 1.82) is 0 Å². The number of halogens is 3. The predicted molar refractivity (Wildman–Crippen MR) is 115 cm³/mol. The predicted octanol–water partition coefficient (Wildman–Crippen LogP) is 3.69. The van der Waals surface area contributed by atoms with Crippen LogP contribution in [0.3, 0.4) is 0 Å². The number of nitrogens with one attached hydrogen (secondary N) is 1. The smallest absolute Gasteiger partial charge is 0.323 e. The minimum atomic E-state index is -4.56. The van der Waals surface area contributed by atoms with E-state index >= 15 is 0 Å². The standard InChI is InChI=1S/C20H17F3N8OS/c1-2-30-18(13-5-7-24-8-6-13)28-29-19(30)33-10-17(32)27-15-9-14(20(21,22)23)3-4-16(15)31-12-25-11-26-31/h3-9,11-12H,2,10H2,1H3,(H,27,32). The molecule has 3 aromatic heterocycles. The number of anilines is 1. The van der Waals surface area contributed by atoms with E-state index in [1.165, 1.54) is 23.4 Å². The van der Waals surface area contributed by atoms with Gasteiger partial charge in [-0.05, 0) is 37.3 Å². The number of pyridine rings is 1. The Morgan fingerprint density at radius 2 is 1.91 bits per heavy atom. The molecule has 0 atom stereocenters. The number of thioether (sulfide) groups is 1. The number of nitrogens with zero attached hydrogens (tertiary/aromatic N) is 7. The third kappa shape index (κ3) is 5.03. The first-order valence-electron chi connectivity index (χ1n) is 9.69. The first-order chi connectivity index (χ1) is 15.9. The van der Waals surface area contributed by atoms with Crippen LogP contribution in [0, 0.1) is 0 Å². The Kier molecular flexibility index (Phi) is 6.40. The lowest BCUT2D eigenvalue weighted by Crippen LogP contribution is -2.17. The van der Waals surface area contributed by atoms with Gasteiger partial charge < -0.3 is 9.88 Å². The molecule has 9 nitrogen and oxygen atoms in total. The van der Waals surface area contributed by atoms with Crippen LogP contribution in [-0.4, -0.2) is 46.2 Å². The van der Waals surface area contributed by atoms with Crippen molar-refractivity contribution >= 4 is 23.4 Å². The molecule has 0 aliphatic carbocycles. The maximum atomic E-state index is 13.2. The molecule has 4 rings (SSSR count). The summed E-state index contributed by atoms with van der Waals surface area (Å²) < 4.78 is 42.7. The Morgan fingerprint density at radius 1 is 1.12 bits per heavy atom.